The number of aliphatic hydroxyl groups excluding tert-OH is 1. The van der Waals surface area contributed by atoms with Gasteiger partial charge in [0.2, 0.25) is 0 Å². The van der Waals surface area contributed by atoms with Gasteiger partial charge in [-0.25, -0.2) is 0 Å². The first-order chi connectivity index (χ1) is 12.7. The number of hydrogen-bond donors (Lipinski definition) is 2. The average molecular weight is 356 g/mol. The van der Waals surface area contributed by atoms with E-state index in [0.717, 1.165) is 37.3 Å². The summed E-state index contributed by atoms with van der Waals surface area (Å²) in [6, 6.07) is 7.80. The lowest BCUT2D eigenvalue weighted by atomic mass is 9.79. The van der Waals surface area contributed by atoms with Crippen LogP contribution in [-0.2, 0) is 6.61 Å². The van der Waals surface area contributed by atoms with Gasteiger partial charge >= 0.3 is 0 Å². The minimum absolute atomic E-state index is 0.0591. The lowest BCUT2D eigenvalue weighted by Crippen LogP contribution is -2.44. The van der Waals surface area contributed by atoms with Gasteiger partial charge in [-0.05, 0) is 56.9 Å². The maximum atomic E-state index is 12.4. The molecule has 0 radical (unpaired) electrons. The van der Waals surface area contributed by atoms with Gasteiger partial charge in [0.1, 0.15) is 18.2 Å². The molecule has 2 saturated carbocycles. The number of ether oxygens (including phenoxy) is 1. The van der Waals surface area contributed by atoms with Crippen LogP contribution in [0.15, 0.2) is 24.3 Å². The van der Waals surface area contributed by atoms with Crippen molar-refractivity contribution in [2.45, 2.75) is 57.2 Å². The van der Waals surface area contributed by atoms with Crippen molar-refractivity contribution in [2.24, 2.45) is 0 Å². The number of aliphatic hydroxyl groups is 1. The van der Waals surface area contributed by atoms with Crippen molar-refractivity contribution in [3.8, 4) is 5.75 Å². The fourth-order valence-electron chi connectivity index (χ4n) is 3.54. The van der Waals surface area contributed by atoms with Crippen LogP contribution in [0.5, 0.6) is 5.75 Å². The summed E-state index contributed by atoms with van der Waals surface area (Å²) in [5.74, 6) is 2.63. The molecule has 2 aliphatic carbocycles. The van der Waals surface area contributed by atoms with Gasteiger partial charge in [-0.2, -0.15) is 0 Å². The van der Waals surface area contributed by atoms with E-state index in [0.29, 0.717) is 30.0 Å². The average Bonchev–Trinajstić information content (AvgIpc) is 3.37. The lowest BCUT2D eigenvalue weighted by molar-refractivity contribution is 0.0906. The normalized spacial score (nSPS) is 21.9. The van der Waals surface area contributed by atoms with Gasteiger partial charge in [-0.1, -0.05) is 0 Å². The van der Waals surface area contributed by atoms with Crippen molar-refractivity contribution in [1.29, 1.82) is 0 Å². The number of nitrogens with zero attached hydrogens (tertiary/aromatic N) is 3. The highest BCUT2D eigenvalue weighted by atomic mass is 16.5. The Morgan fingerprint density at radius 2 is 2.00 bits per heavy atom. The largest absolute Gasteiger partial charge is 0.494 e. The second kappa shape index (κ2) is 7.07. The molecule has 2 aromatic rings. The van der Waals surface area contributed by atoms with E-state index in [4.69, 9.17) is 4.74 Å². The zero-order valence-electron chi connectivity index (χ0n) is 14.9. The molecule has 2 aliphatic rings. The van der Waals surface area contributed by atoms with E-state index in [2.05, 4.69) is 20.1 Å². The highest BCUT2D eigenvalue weighted by Gasteiger charge is 2.38. The molecule has 26 heavy (non-hydrogen) atoms. The number of benzene rings is 1. The molecule has 0 saturated heterocycles. The molecule has 2 N–H and O–H groups in total. The third-order valence-corrected chi connectivity index (χ3v) is 5.11. The Labute approximate surface area is 152 Å². The first kappa shape index (κ1) is 17.0. The third kappa shape index (κ3) is 3.31. The smallest absolute Gasteiger partial charge is 0.251 e. The summed E-state index contributed by atoms with van der Waals surface area (Å²) in [5, 5.41) is 20.9. The molecule has 0 atom stereocenters. The molecule has 4 rings (SSSR count). The van der Waals surface area contributed by atoms with Gasteiger partial charge in [0.05, 0.1) is 6.61 Å². The maximum Gasteiger partial charge on any atom is 0.251 e. The summed E-state index contributed by atoms with van der Waals surface area (Å²) in [7, 11) is 0. The summed E-state index contributed by atoms with van der Waals surface area (Å²) < 4.78 is 7.51. The van der Waals surface area contributed by atoms with Crippen LogP contribution in [0.1, 0.15) is 66.6 Å². The molecule has 1 aromatic heterocycles. The van der Waals surface area contributed by atoms with Crippen molar-refractivity contribution < 1.29 is 14.6 Å². The number of amides is 1. The highest BCUT2D eigenvalue weighted by Crippen LogP contribution is 2.42. The molecule has 1 amide bonds. The van der Waals surface area contributed by atoms with E-state index in [9.17, 15) is 9.90 Å². The van der Waals surface area contributed by atoms with Gasteiger partial charge in [0.25, 0.3) is 5.91 Å². The molecule has 2 fully saturated rings. The Kier molecular flexibility index (Phi) is 4.63. The number of hydrogen-bond acceptors (Lipinski definition) is 5. The number of carbonyl (C=O) groups excluding carboxylic acids is 1. The zero-order valence-corrected chi connectivity index (χ0v) is 14.9. The second-order valence-corrected chi connectivity index (χ2v) is 7.03. The number of aromatic nitrogens is 3. The Hall–Kier alpha value is -2.41. The number of rotatable bonds is 7. The molecule has 138 valence electrons. The van der Waals surface area contributed by atoms with Crippen LogP contribution in [-0.4, -0.2) is 38.4 Å². The zero-order chi connectivity index (χ0) is 18.1. The topological polar surface area (TPSA) is 89.3 Å². The van der Waals surface area contributed by atoms with Crippen LogP contribution in [0, 0.1) is 0 Å². The third-order valence-electron chi connectivity index (χ3n) is 5.11. The van der Waals surface area contributed by atoms with Crippen molar-refractivity contribution in [2.75, 3.05) is 6.61 Å². The van der Waals surface area contributed by atoms with E-state index in [-0.39, 0.29) is 18.6 Å². The van der Waals surface area contributed by atoms with Crippen LogP contribution >= 0.6 is 0 Å². The fraction of sp³-hybridized carbons (Fsp3) is 0.526. The first-order valence-corrected chi connectivity index (χ1v) is 9.27. The van der Waals surface area contributed by atoms with Crippen molar-refractivity contribution >= 4 is 5.91 Å². The minimum Gasteiger partial charge on any atom is -0.494 e. The van der Waals surface area contributed by atoms with E-state index in [1.165, 1.54) is 0 Å². The molecule has 7 nitrogen and oxygen atoms in total. The van der Waals surface area contributed by atoms with Gasteiger partial charge in [0.15, 0.2) is 5.82 Å². The van der Waals surface area contributed by atoms with Gasteiger partial charge in [0, 0.05) is 23.6 Å². The van der Waals surface area contributed by atoms with Gasteiger partial charge < -0.3 is 19.7 Å². The Balaban J connectivity index is 1.34. The predicted octanol–water partition coefficient (Wildman–Crippen LogP) is 2.18. The molecule has 0 spiro atoms. The van der Waals surface area contributed by atoms with E-state index in [1.54, 1.807) is 12.1 Å². The van der Waals surface area contributed by atoms with Gasteiger partial charge in [-0.15, -0.1) is 10.2 Å². The summed E-state index contributed by atoms with van der Waals surface area (Å²) >= 11 is 0. The molecule has 1 heterocycles. The van der Waals surface area contributed by atoms with Crippen molar-refractivity contribution in [3.05, 3.63) is 41.5 Å². The Morgan fingerprint density at radius 1 is 1.27 bits per heavy atom. The van der Waals surface area contributed by atoms with E-state index < -0.39 is 0 Å². The Morgan fingerprint density at radius 3 is 2.62 bits per heavy atom. The minimum atomic E-state index is -0.0753. The summed E-state index contributed by atoms with van der Waals surface area (Å²) in [4.78, 5) is 12.4. The lowest BCUT2D eigenvalue weighted by Gasteiger charge is -2.35. The number of carbonyl (C=O) groups is 1. The summed E-state index contributed by atoms with van der Waals surface area (Å²) in [5.41, 5.74) is 0.639. The maximum absolute atomic E-state index is 12.4. The molecule has 7 heteroatoms. The van der Waals surface area contributed by atoms with Crippen LogP contribution in [0.2, 0.25) is 0 Å². The molecule has 0 bridgehead atoms. The second-order valence-electron chi connectivity index (χ2n) is 7.03. The van der Waals surface area contributed by atoms with Crippen molar-refractivity contribution in [3.63, 3.8) is 0 Å². The van der Waals surface area contributed by atoms with Crippen LogP contribution in [0.3, 0.4) is 0 Å². The molecule has 0 aliphatic heterocycles. The molecular weight excluding hydrogens is 332 g/mol. The molecule has 1 aromatic carbocycles. The number of nitrogens with one attached hydrogen (secondary N) is 1. The van der Waals surface area contributed by atoms with Crippen molar-refractivity contribution in [1.82, 2.24) is 20.1 Å². The van der Waals surface area contributed by atoms with E-state index >= 15 is 0 Å². The quantitative estimate of drug-likeness (QED) is 0.794. The Bertz CT molecular complexity index is 777. The standard InChI is InChI=1S/C19H24N4O3/c1-2-26-16-7-3-12(4-8-16)19(25)20-14-9-13(10-14)18-22-21-17(11-24)23(18)15-5-6-15/h3-4,7-8,13-15,24H,2,5-6,9-11H2,1H3,(H,20,25). The van der Waals surface area contributed by atoms with E-state index in [1.807, 2.05) is 19.1 Å². The summed E-state index contributed by atoms with van der Waals surface area (Å²) in [6.07, 6.45) is 3.98. The monoisotopic (exact) mass is 356 g/mol. The van der Waals surface area contributed by atoms with Crippen LogP contribution in [0.4, 0.5) is 0 Å². The first-order valence-electron chi connectivity index (χ1n) is 9.27. The van der Waals surface area contributed by atoms with Crippen LogP contribution < -0.4 is 10.1 Å². The molecular formula is C19H24N4O3. The van der Waals surface area contributed by atoms with Crippen LogP contribution in [0.25, 0.3) is 0 Å². The molecule has 0 unspecified atom stereocenters. The van der Waals surface area contributed by atoms with Gasteiger partial charge in [-0.3, -0.25) is 4.79 Å². The highest BCUT2D eigenvalue weighted by molar-refractivity contribution is 5.94. The predicted molar refractivity (Wildman–Crippen MR) is 95.1 cm³/mol. The summed E-state index contributed by atoms with van der Waals surface area (Å²) in [6.45, 7) is 2.47. The fourth-order valence-corrected chi connectivity index (χ4v) is 3.54. The SMILES string of the molecule is CCOc1ccc(C(=O)NC2CC(c3nnc(CO)n3C3CC3)C2)cc1.